The van der Waals surface area contributed by atoms with Gasteiger partial charge in [0, 0.05) is 17.6 Å². The SMILES string of the molecule is C=C/C(=C\C=C\N(C(=C)CCC1=CC(c2ccccc2)(c2ccccc2)c2ccccc21)c1ccc2c(c1)C=CCC2)c1ccc2ccc3ccccc3c2c1. The van der Waals surface area contributed by atoms with E-state index in [9.17, 15) is 0 Å². The molecule has 0 fully saturated rings. The van der Waals surface area contributed by atoms with Crippen LogP contribution >= 0.6 is 0 Å². The molecule has 1 heteroatoms. The molecular formula is C55H45N. The maximum atomic E-state index is 4.74. The number of fused-ring (bicyclic) bond motifs is 5. The van der Waals surface area contributed by atoms with E-state index in [1.54, 1.807) is 0 Å². The zero-order chi connectivity index (χ0) is 37.9. The maximum Gasteiger partial charge on any atom is 0.0643 e. The molecular weight excluding hydrogens is 675 g/mol. The van der Waals surface area contributed by atoms with Crippen molar-refractivity contribution >= 4 is 44.5 Å². The Hall–Kier alpha value is -6.70. The number of hydrogen-bond acceptors (Lipinski definition) is 1. The van der Waals surface area contributed by atoms with Crippen LogP contribution in [0.5, 0.6) is 0 Å². The number of rotatable bonds is 11. The first kappa shape index (κ1) is 35.0. The smallest absolute Gasteiger partial charge is 0.0643 e. The number of anilines is 1. The Morgan fingerprint density at radius 2 is 1.39 bits per heavy atom. The summed E-state index contributed by atoms with van der Waals surface area (Å²) < 4.78 is 0. The van der Waals surface area contributed by atoms with Crippen molar-refractivity contribution in [1.82, 2.24) is 0 Å². The quantitative estimate of drug-likeness (QED) is 0.0950. The predicted octanol–water partition coefficient (Wildman–Crippen LogP) is 14.3. The van der Waals surface area contributed by atoms with E-state index in [1.165, 1.54) is 60.5 Å². The second-order valence-corrected chi connectivity index (χ2v) is 14.9. The summed E-state index contributed by atoms with van der Waals surface area (Å²) in [6, 6.07) is 57.4. The first-order valence-electron chi connectivity index (χ1n) is 19.7. The van der Waals surface area contributed by atoms with Crippen molar-refractivity contribution in [2.24, 2.45) is 0 Å². The van der Waals surface area contributed by atoms with Gasteiger partial charge < -0.3 is 4.90 Å². The molecule has 0 spiro atoms. The minimum absolute atomic E-state index is 0.360. The molecule has 0 amide bonds. The van der Waals surface area contributed by atoms with Crippen LogP contribution < -0.4 is 4.90 Å². The van der Waals surface area contributed by atoms with E-state index in [0.717, 1.165) is 48.2 Å². The second-order valence-electron chi connectivity index (χ2n) is 14.9. The van der Waals surface area contributed by atoms with Gasteiger partial charge in [0.2, 0.25) is 0 Å². The zero-order valence-corrected chi connectivity index (χ0v) is 31.7. The number of allylic oxidation sites excluding steroid dienone is 8. The fourth-order valence-corrected chi connectivity index (χ4v) is 8.81. The molecule has 0 unspecified atom stereocenters. The molecule has 7 aromatic rings. The van der Waals surface area contributed by atoms with Gasteiger partial charge in [-0.15, -0.1) is 0 Å². The lowest BCUT2D eigenvalue weighted by atomic mass is 9.71. The van der Waals surface area contributed by atoms with Crippen molar-refractivity contribution in [3.05, 3.63) is 252 Å². The molecule has 0 atom stereocenters. The van der Waals surface area contributed by atoms with Gasteiger partial charge in [-0.1, -0.05) is 183 Å². The zero-order valence-electron chi connectivity index (χ0n) is 31.7. The topological polar surface area (TPSA) is 3.24 Å². The molecule has 0 aromatic heterocycles. The molecule has 56 heavy (non-hydrogen) atoms. The number of nitrogens with zero attached hydrogens (tertiary/aromatic N) is 1. The van der Waals surface area contributed by atoms with Gasteiger partial charge in [0.15, 0.2) is 0 Å². The molecule has 2 aliphatic rings. The lowest BCUT2D eigenvalue weighted by molar-refractivity contribution is 0.793. The number of hydrogen-bond donors (Lipinski definition) is 0. The fourth-order valence-electron chi connectivity index (χ4n) is 8.81. The lowest BCUT2D eigenvalue weighted by Gasteiger charge is -2.30. The molecule has 9 rings (SSSR count). The van der Waals surface area contributed by atoms with Crippen LogP contribution in [0.2, 0.25) is 0 Å². The van der Waals surface area contributed by atoms with Crippen LogP contribution in [-0.2, 0) is 11.8 Å². The van der Waals surface area contributed by atoms with Crippen molar-refractivity contribution in [3.63, 3.8) is 0 Å². The first-order valence-corrected chi connectivity index (χ1v) is 19.7. The van der Waals surface area contributed by atoms with Gasteiger partial charge in [-0.2, -0.15) is 0 Å². The molecule has 0 saturated heterocycles. The Morgan fingerprint density at radius 3 is 2.18 bits per heavy atom. The van der Waals surface area contributed by atoms with E-state index < -0.39 is 0 Å². The maximum absolute atomic E-state index is 4.74. The van der Waals surface area contributed by atoms with Gasteiger partial charge in [0.05, 0.1) is 5.41 Å². The normalized spacial score (nSPS) is 14.4. The van der Waals surface area contributed by atoms with Crippen LogP contribution in [0.15, 0.2) is 213 Å². The Bertz CT molecular complexity index is 2680. The molecule has 0 aliphatic heterocycles. The van der Waals surface area contributed by atoms with Crippen molar-refractivity contribution in [3.8, 4) is 0 Å². The highest BCUT2D eigenvalue weighted by molar-refractivity contribution is 6.08. The van der Waals surface area contributed by atoms with Crippen LogP contribution in [0.4, 0.5) is 5.69 Å². The molecule has 0 saturated carbocycles. The molecule has 0 radical (unpaired) electrons. The largest absolute Gasteiger partial charge is 0.321 e. The molecule has 270 valence electrons. The van der Waals surface area contributed by atoms with Crippen LogP contribution in [0.3, 0.4) is 0 Å². The highest BCUT2D eigenvalue weighted by Gasteiger charge is 2.40. The highest BCUT2D eigenvalue weighted by atomic mass is 15.1. The third-order valence-electron chi connectivity index (χ3n) is 11.7. The summed E-state index contributed by atoms with van der Waals surface area (Å²) in [5, 5.41) is 5.00. The summed E-state index contributed by atoms with van der Waals surface area (Å²) in [6.45, 7) is 8.96. The highest BCUT2D eigenvalue weighted by Crippen LogP contribution is 2.50. The van der Waals surface area contributed by atoms with Crippen LogP contribution in [-0.4, -0.2) is 0 Å². The fraction of sp³-hybridized carbons (Fsp3) is 0.0909. The standard InChI is InChI=1S/C55H45N/c1-3-41(46-33-32-44-31-30-43-18-12-13-25-51(43)53(44)38-46)20-16-36-56(50-35-34-42-17-10-11-19-45(42)37-50)40(2)28-29-47-39-55(48-21-6-4-7-22-48,49-23-8-5-9-24-49)54-27-15-14-26-52(47)54/h3-9,11-16,18-27,30-39H,1-2,10,17,28-29H2/b36-16+,41-20+. The minimum atomic E-state index is -0.360. The van der Waals surface area contributed by atoms with Gasteiger partial charge in [0.25, 0.3) is 0 Å². The van der Waals surface area contributed by atoms with E-state index in [1.807, 2.05) is 6.08 Å². The van der Waals surface area contributed by atoms with E-state index in [0.29, 0.717) is 0 Å². The second kappa shape index (κ2) is 15.2. The predicted molar refractivity (Wildman–Crippen MR) is 241 cm³/mol. The van der Waals surface area contributed by atoms with Crippen molar-refractivity contribution < 1.29 is 0 Å². The molecule has 7 aromatic carbocycles. The van der Waals surface area contributed by atoms with E-state index >= 15 is 0 Å². The minimum Gasteiger partial charge on any atom is -0.321 e. The van der Waals surface area contributed by atoms with Gasteiger partial charge in [-0.3, -0.25) is 0 Å². The third-order valence-corrected chi connectivity index (χ3v) is 11.7. The Labute approximate surface area is 331 Å². The van der Waals surface area contributed by atoms with E-state index in [-0.39, 0.29) is 5.41 Å². The summed E-state index contributed by atoms with van der Waals surface area (Å²) in [6.07, 6.45) is 19.3. The third kappa shape index (κ3) is 6.46. The summed E-state index contributed by atoms with van der Waals surface area (Å²) in [5.74, 6) is 0. The summed E-state index contributed by atoms with van der Waals surface area (Å²) >= 11 is 0. The summed E-state index contributed by atoms with van der Waals surface area (Å²) in [7, 11) is 0. The van der Waals surface area contributed by atoms with Crippen molar-refractivity contribution in [2.45, 2.75) is 31.1 Å². The van der Waals surface area contributed by atoms with Crippen LogP contribution in [0, 0.1) is 0 Å². The Balaban J connectivity index is 1.06. The van der Waals surface area contributed by atoms with Gasteiger partial charge in [-0.05, 0) is 122 Å². The van der Waals surface area contributed by atoms with Gasteiger partial charge >= 0.3 is 0 Å². The van der Waals surface area contributed by atoms with Crippen LogP contribution in [0.1, 0.15) is 58.2 Å². The van der Waals surface area contributed by atoms with Crippen LogP contribution in [0.25, 0.3) is 38.8 Å². The molecule has 1 nitrogen and oxygen atoms in total. The molecule has 0 bridgehead atoms. The monoisotopic (exact) mass is 719 g/mol. The average molecular weight is 720 g/mol. The first-order chi connectivity index (χ1) is 27.6. The number of aryl methyl sites for hydroxylation is 1. The Kier molecular flexibility index (Phi) is 9.51. The molecule has 0 N–H and O–H groups in total. The van der Waals surface area contributed by atoms with Crippen molar-refractivity contribution in [2.75, 3.05) is 4.90 Å². The lowest BCUT2D eigenvalue weighted by Crippen LogP contribution is -2.25. The van der Waals surface area contributed by atoms with Gasteiger partial charge in [0.1, 0.15) is 0 Å². The molecule has 0 heterocycles. The van der Waals surface area contributed by atoms with E-state index in [2.05, 4.69) is 206 Å². The average Bonchev–Trinajstić information content (AvgIpc) is 3.61. The Morgan fingerprint density at radius 1 is 0.696 bits per heavy atom. The molecule has 2 aliphatic carbocycles. The summed E-state index contributed by atoms with van der Waals surface area (Å²) in [4.78, 5) is 2.27. The number of benzene rings is 7. The van der Waals surface area contributed by atoms with Gasteiger partial charge in [-0.25, -0.2) is 0 Å². The van der Waals surface area contributed by atoms with E-state index in [4.69, 9.17) is 6.58 Å². The van der Waals surface area contributed by atoms with Crippen molar-refractivity contribution in [1.29, 1.82) is 0 Å². The summed E-state index contributed by atoms with van der Waals surface area (Å²) in [5.41, 5.74) is 13.3.